The van der Waals surface area contributed by atoms with Crippen LogP contribution in [0, 0.1) is 12.8 Å². The van der Waals surface area contributed by atoms with Gasteiger partial charge in [-0.15, -0.1) is 0 Å². The molecule has 1 saturated heterocycles. The molecule has 1 aliphatic heterocycles. The van der Waals surface area contributed by atoms with Gasteiger partial charge in [0.1, 0.15) is 0 Å². The second-order valence-electron chi connectivity index (χ2n) is 5.45. The van der Waals surface area contributed by atoms with Gasteiger partial charge in [0.2, 0.25) is 0 Å². The Kier molecular flexibility index (Phi) is 4.61. The molecule has 3 heteroatoms. The third-order valence-corrected chi connectivity index (χ3v) is 3.65. The summed E-state index contributed by atoms with van der Waals surface area (Å²) in [7, 11) is 2.18. The van der Waals surface area contributed by atoms with Crippen molar-refractivity contribution in [1.29, 1.82) is 0 Å². The van der Waals surface area contributed by atoms with Gasteiger partial charge >= 0.3 is 0 Å². The number of rotatable bonds is 4. The van der Waals surface area contributed by atoms with Gasteiger partial charge in [-0.3, -0.25) is 0 Å². The van der Waals surface area contributed by atoms with Crippen molar-refractivity contribution in [1.82, 2.24) is 4.90 Å². The number of nitrogens with two attached hydrogens (primary N) is 1. The number of anilines is 1. The molecule has 0 aromatic heterocycles. The molecule has 1 aliphatic rings. The second kappa shape index (κ2) is 6.21. The molecular weight excluding hydrogens is 224 g/mol. The number of hydrogen-bond acceptors (Lipinski definition) is 3. The van der Waals surface area contributed by atoms with Crippen LogP contribution in [0.15, 0.2) is 18.2 Å². The zero-order chi connectivity index (χ0) is 13.0. The lowest BCUT2D eigenvalue weighted by Crippen LogP contribution is -2.29. The standard InChI is InChI=1S/C15H24N2O/c1-12-3-4-15(16)14(9-12)11-17(2)10-13-5-7-18-8-6-13/h3-4,9,13H,5-8,10-11,16H2,1-2H3. The highest BCUT2D eigenvalue weighted by Gasteiger charge is 2.16. The van der Waals surface area contributed by atoms with Crippen LogP contribution in [0.3, 0.4) is 0 Å². The lowest BCUT2D eigenvalue weighted by molar-refractivity contribution is 0.0550. The van der Waals surface area contributed by atoms with Crippen LogP contribution in [0.2, 0.25) is 0 Å². The zero-order valence-electron chi connectivity index (χ0n) is 11.5. The maximum absolute atomic E-state index is 6.02. The average molecular weight is 248 g/mol. The Balaban J connectivity index is 1.89. The minimum absolute atomic E-state index is 0.773. The Labute approximate surface area is 110 Å². The topological polar surface area (TPSA) is 38.5 Å². The summed E-state index contributed by atoms with van der Waals surface area (Å²) in [5.41, 5.74) is 9.44. The monoisotopic (exact) mass is 248 g/mol. The molecule has 1 heterocycles. The molecule has 1 aromatic carbocycles. The molecule has 2 N–H and O–H groups in total. The lowest BCUT2D eigenvalue weighted by atomic mass is 9.99. The van der Waals surface area contributed by atoms with Gasteiger partial charge in [-0.2, -0.15) is 0 Å². The van der Waals surface area contributed by atoms with Crippen molar-refractivity contribution in [2.45, 2.75) is 26.3 Å². The highest BCUT2D eigenvalue weighted by molar-refractivity contribution is 5.48. The van der Waals surface area contributed by atoms with Gasteiger partial charge in [0.15, 0.2) is 0 Å². The first-order chi connectivity index (χ1) is 8.65. The fourth-order valence-corrected chi connectivity index (χ4v) is 2.60. The molecule has 0 radical (unpaired) electrons. The van der Waals surface area contributed by atoms with E-state index in [4.69, 9.17) is 10.5 Å². The van der Waals surface area contributed by atoms with Crippen molar-refractivity contribution in [3.8, 4) is 0 Å². The summed E-state index contributed by atoms with van der Waals surface area (Å²) >= 11 is 0. The lowest BCUT2D eigenvalue weighted by Gasteiger charge is -2.27. The second-order valence-corrected chi connectivity index (χ2v) is 5.45. The van der Waals surface area contributed by atoms with E-state index in [0.717, 1.165) is 37.9 Å². The predicted molar refractivity (Wildman–Crippen MR) is 75.5 cm³/mol. The van der Waals surface area contributed by atoms with Gasteiger partial charge in [-0.1, -0.05) is 17.7 Å². The zero-order valence-corrected chi connectivity index (χ0v) is 11.5. The van der Waals surface area contributed by atoms with Gasteiger partial charge in [0.25, 0.3) is 0 Å². The number of nitrogens with zero attached hydrogens (tertiary/aromatic N) is 1. The van der Waals surface area contributed by atoms with Crippen LogP contribution >= 0.6 is 0 Å². The molecule has 18 heavy (non-hydrogen) atoms. The van der Waals surface area contributed by atoms with Gasteiger partial charge in [-0.05, 0) is 44.4 Å². The summed E-state index contributed by atoms with van der Waals surface area (Å²) in [6.07, 6.45) is 2.38. The van der Waals surface area contributed by atoms with E-state index in [-0.39, 0.29) is 0 Å². The Bertz CT molecular complexity index is 386. The molecule has 0 atom stereocenters. The molecule has 0 spiro atoms. The van der Waals surface area contributed by atoms with Crippen LogP contribution < -0.4 is 5.73 Å². The summed E-state index contributed by atoms with van der Waals surface area (Å²) in [4.78, 5) is 2.38. The van der Waals surface area contributed by atoms with Crippen molar-refractivity contribution in [2.75, 3.05) is 32.5 Å². The van der Waals surface area contributed by atoms with E-state index in [1.54, 1.807) is 0 Å². The summed E-state index contributed by atoms with van der Waals surface area (Å²) in [5.74, 6) is 0.773. The Morgan fingerprint density at radius 2 is 2.06 bits per heavy atom. The van der Waals surface area contributed by atoms with E-state index in [1.165, 1.54) is 24.0 Å². The van der Waals surface area contributed by atoms with Crippen LogP contribution in [0.1, 0.15) is 24.0 Å². The largest absolute Gasteiger partial charge is 0.398 e. The van der Waals surface area contributed by atoms with E-state index in [9.17, 15) is 0 Å². The SMILES string of the molecule is Cc1ccc(N)c(CN(C)CC2CCOCC2)c1. The van der Waals surface area contributed by atoms with Crippen molar-refractivity contribution in [2.24, 2.45) is 5.92 Å². The fourth-order valence-electron chi connectivity index (χ4n) is 2.60. The first-order valence-corrected chi connectivity index (χ1v) is 6.76. The van der Waals surface area contributed by atoms with Crippen LogP contribution in [0.4, 0.5) is 5.69 Å². The molecule has 1 fully saturated rings. The summed E-state index contributed by atoms with van der Waals surface area (Å²) in [6, 6.07) is 6.26. The number of nitrogen functional groups attached to an aromatic ring is 1. The smallest absolute Gasteiger partial charge is 0.0469 e. The molecule has 0 unspecified atom stereocenters. The van der Waals surface area contributed by atoms with E-state index in [1.807, 2.05) is 6.07 Å². The van der Waals surface area contributed by atoms with E-state index in [0.29, 0.717) is 0 Å². The minimum Gasteiger partial charge on any atom is -0.398 e. The highest BCUT2D eigenvalue weighted by Crippen LogP contribution is 2.19. The third-order valence-electron chi connectivity index (χ3n) is 3.65. The maximum Gasteiger partial charge on any atom is 0.0469 e. The average Bonchev–Trinajstić information content (AvgIpc) is 2.35. The Hall–Kier alpha value is -1.06. The van der Waals surface area contributed by atoms with Crippen LogP contribution in [-0.2, 0) is 11.3 Å². The van der Waals surface area contributed by atoms with Gasteiger partial charge in [-0.25, -0.2) is 0 Å². The summed E-state index contributed by atoms with van der Waals surface area (Å²) < 4.78 is 5.40. The van der Waals surface area contributed by atoms with E-state index in [2.05, 4.69) is 31.0 Å². The summed E-state index contributed by atoms with van der Waals surface area (Å²) in [5, 5.41) is 0. The Morgan fingerprint density at radius 1 is 1.33 bits per heavy atom. The minimum atomic E-state index is 0.773. The molecule has 0 saturated carbocycles. The van der Waals surface area contributed by atoms with Gasteiger partial charge in [0, 0.05) is 32.0 Å². The number of hydrogen-bond donors (Lipinski definition) is 1. The molecule has 0 bridgehead atoms. The van der Waals surface area contributed by atoms with Crippen molar-refractivity contribution in [3.63, 3.8) is 0 Å². The predicted octanol–water partition coefficient (Wildman–Crippen LogP) is 2.44. The first-order valence-electron chi connectivity index (χ1n) is 6.76. The van der Waals surface area contributed by atoms with Crippen molar-refractivity contribution >= 4 is 5.69 Å². The third kappa shape index (κ3) is 3.72. The Morgan fingerprint density at radius 3 is 2.78 bits per heavy atom. The number of aryl methyl sites for hydroxylation is 1. The van der Waals surface area contributed by atoms with Crippen LogP contribution in [0.5, 0.6) is 0 Å². The van der Waals surface area contributed by atoms with Crippen molar-refractivity contribution < 1.29 is 4.74 Å². The molecule has 0 amide bonds. The van der Waals surface area contributed by atoms with Gasteiger partial charge < -0.3 is 15.4 Å². The molecule has 100 valence electrons. The molecule has 1 aromatic rings. The first kappa shape index (κ1) is 13.4. The van der Waals surface area contributed by atoms with E-state index < -0.39 is 0 Å². The number of benzene rings is 1. The van der Waals surface area contributed by atoms with Crippen molar-refractivity contribution in [3.05, 3.63) is 29.3 Å². The highest BCUT2D eigenvalue weighted by atomic mass is 16.5. The normalized spacial score (nSPS) is 17.3. The van der Waals surface area contributed by atoms with Gasteiger partial charge in [0.05, 0.1) is 0 Å². The maximum atomic E-state index is 6.02. The van der Waals surface area contributed by atoms with E-state index >= 15 is 0 Å². The molecule has 2 rings (SSSR count). The fraction of sp³-hybridized carbons (Fsp3) is 0.600. The molecule has 3 nitrogen and oxygen atoms in total. The quantitative estimate of drug-likeness (QED) is 0.832. The van der Waals surface area contributed by atoms with Crippen LogP contribution in [-0.4, -0.2) is 31.7 Å². The summed E-state index contributed by atoms with van der Waals surface area (Å²) in [6.45, 7) is 6.03. The molecular formula is C15H24N2O. The van der Waals surface area contributed by atoms with Crippen LogP contribution in [0.25, 0.3) is 0 Å². The molecule has 0 aliphatic carbocycles. The number of ether oxygens (including phenoxy) is 1.